The summed E-state index contributed by atoms with van der Waals surface area (Å²) < 4.78 is 51.2. The summed E-state index contributed by atoms with van der Waals surface area (Å²) >= 11 is 0. The molecule has 0 radical (unpaired) electrons. The highest BCUT2D eigenvalue weighted by Crippen LogP contribution is 2.30. The number of halogens is 4. The first-order chi connectivity index (χ1) is 13.3. The SMILES string of the molecule is O=C(Nc1cccc(C(F)(F)F)c1)c1ccnc(NCc2ccc(F)cc2)n1. The number of nitrogens with zero attached hydrogens (tertiary/aromatic N) is 2. The maximum absolute atomic E-state index is 12.9. The van der Waals surface area contributed by atoms with Crippen LogP contribution in [0, 0.1) is 5.82 Å². The predicted molar refractivity (Wildman–Crippen MR) is 95.2 cm³/mol. The zero-order valence-corrected chi connectivity index (χ0v) is 14.3. The fourth-order valence-electron chi connectivity index (χ4n) is 2.32. The summed E-state index contributed by atoms with van der Waals surface area (Å²) in [6.45, 7) is 0.305. The number of anilines is 2. The van der Waals surface area contributed by atoms with Crippen LogP contribution < -0.4 is 10.6 Å². The Kier molecular flexibility index (Phi) is 5.53. The van der Waals surface area contributed by atoms with Gasteiger partial charge in [-0.25, -0.2) is 14.4 Å². The van der Waals surface area contributed by atoms with E-state index in [4.69, 9.17) is 0 Å². The van der Waals surface area contributed by atoms with E-state index in [0.717, 1.165) is 17.7 Å². The molecule has 3 aromatic rings. The molecule has 0 spiro atoms. The molecule has 1 aromatic heterocycles. The maximum Gasteiger partial charge on any atom is 0.416 e. The maximum atomic E-state index is 12.9. The Morgan fingerprint density at radius 2 is 1.79 bits per heavy atom. The smallest absolute Gasteiger partial charge is 0.350 e. The molecule has 0 aliphatic heterocycles. The summed E-state index contributed by atoms with van der Waals surface area (Å²) in [5, 5.41) is 5.27. The van der Waals surface area contributed by atoms with Gasteiger partial charge in [-0.2, -0.15) is 13.2 Å². The van der Waals surface area contributed by atoms with Gasteiger partial charge in [-0.1, -0.05) is 18.2 Å². The summed E-state index contributed by atoms with van der Waals surface area (Å²) in [6, 6.07) is 11.5. The quantitative estimate of drug-likeness (QED) is 0.630. The number of amides is 1. The summed E-state index contributed by atoms with van der Waals surface area (Å²) in [7, 11) is 0. The molecule has 5 nitrogen and oxygen atoms in total. The zero-order chi connectivity index (χ0) is 20.1. The second kappa shape index (κ2) is 8.03. The average molecular weight is 390 g/mol. The Bertz CT molecular complexity index is 974. The minimum absolute atomic E-state index is 0.000686. The van der Waals surface area contributed by atoms with E-state index >= 15 is 0 Å². The van der Waals surface area contributed by atoms with Crippen LogP contribution in [-0.2, 0) is 12.7 Å². The van der Waals surface area contributed by atoms with Gasteiger partial charge >= 0.3 is 6.18 Å². The molecule has 0 bridgehead atoms. The largest absolute Gasteiger partial charge is 0.416 e. The molecule has 1 amide bonds. The van der Waals surface area contributed by atoms with Crippen LogP contribution in [0.15, 0.2) is 60.8 Å². The molecule has 0 unspecified atom stereocenters. The van der Waals surface area contributed by atoms with E-state index in [2.05, 4.69) is 20.6 Å². The van der Waals surface area contributed by atoms with Crippen molar-refractivity contribution in [1.82, 2.24) is 9.97 Å². The first-order valence-electron chi connectivity index (χ1n) is 8.11. The average Bonchev–Trinajstić information content (AvgIpc) is 2.67. The number of hydrogen-bond donors (Lipinski definition) is 2. The van der Waals surface area contributed by atoms with E-state index < -0.39 is 17.6 Å². The van der Waals surface area contributed by atoms with Gasteiger partial charge in [0.05, 0.1) is 5.56 Å². The number of nitrogens with one attached hydrogen (secondary N) is 2. The van der Waals surface area contributed by atoms with Gasteiger partial charge in [0, 0.05) is 18.4 Å². The number of benzene rings is 2. The third-order valence-corrected chi connectivity index (χ3v) is 3.70. The molecular formula is C19H14F4N4O. The molecular weight excluding hydrogens is 376 g/mol. The number of carbonyl (C=O) groups excluding carboxylic acids is 1. The van der Waals surface area contributed by atoms with E-state index in [1.807, 2.05) is 0 Å². The molecule has 0 saturated heterocycles. The Hall–Kier alpha value is -3.49. The molecule has 0 aliphatic carbocycles. The lowest BCUT2D eigenvalue weighted by Crippen LogP contribution is -2.16. The standard InChI is InChI=1S/C19H14F4N4O/c20-14-6-4-12(5-7-14)11-25-18-24-9-8-16(27-18)17(28)26-15-3-1-2-13(10-15)19(21,22)23/h1-10H,11H2,(H,26,28)(H,24,25,27). The van der Waals surface area contributed by atoms with Crippen LogP contribution in [-0.4, -0.2) is 15.9 Å². The van der Waals surface area contributed by atoms with E-state index in [1.165, 1.54) is 36.5 Å². The lowest BCUT2D eigenvalue weighted by molar-refractivity contribution is -0.137. The first kappa shape index (κ1) is 19.3. The van der Waals surface area contributed by atoms with Crippen molar-refractivity contribution in [2.75, 3.05) is 10.6 Å². The normalized spacial score (nSPS) is 11.1. The molecule has 2 N–H and O–H groups in total. The van der Waals surface area contributed by atoms with Crippen LogP contribution in [0.1, 0.15) is 21.6 Å². The van der Waals surface area contributed by atoms with E-state index in [1.54, 1.807) is 12.1 Å². The van der Waals surface area contributed by atoms with Crippen molar-refractivity contribution in [1.29, 1.82) is 0 Å². The minimum atomic E-state index is -4.51. The fourth-order valence-corrected chi connectivity index (χ4v) is 2.32. The van der Waals surface area contributed by atoms with Crippen LogP contribution in [0.2, 0.25) is 0 Å². The van der Waals surface area contributed by atoms with Crippen molar-refractivity contribution < 1.29 is 22.4 Å². The molecule has 144 valence electrons. The van der Waals surface area contributed by atoms with Gasteiger partial charge in [0.25, 0.3) is 5.91 Å². The van der Waals surface area contributed by atoms with Gasteiger partial charge in [-0.05, 0) is 42.0 Å². The van der Waals surface area contributed by atoms with Gasteiger partial charge in [0.2, 0.25) is 5.95 Å². The Morgan fingerprint density at radius 3 is 2.50 bits per heavy atom. The topological polar surface area (TPSA) is 66.9 Å². The summed E-state index contributed by atoms with van der Waals surface area (Å²) in [6.07, 6.45) is -3.16. The number of hydrogen-bond acceptors (Lipinski definition) is 4. The molecule has 0 fully saturated rings. The van der Waals surface area contributed by atoms with Crippen LogP contribution in [0.25, 0.3) is 0 Å². The number of aromatic nitrogens is 2. The van der Waals surface area contributed by atoms with Crippen LogP contribution in [0.3, 0.4) is 0 Å². The number of alkyl halides is 3. The first-order valence-corrected chi connectivity index (χ1v) is 8.11. The third-order valence-electron chi connectivity index (χ3n) is 3.70. The van der Waals surface area contributed by atoms with Gasteiger partial charge in [0.1, 0.15) is 11.5 Å². The second-order valence-electron chi connectivity index (χ2n) is 5.78. The molecule has 28 heavy (non-hydrogen) atoms. The van der Waals surface area contributed by atoms with Crippen LogP contribution in [0.5, 0.6) is 0 Å². The van der Waals surface area contributed by atoms with Crippen molar-refractivity contribution in [2.24, 2.45) is 0 Å². The van der Waals surface area contributed by atoms with Crippen LogP contribution >= 0.6 is 0 Å². The van der Waals surface area contributed by atoms with Gasteiger partial charge < -0.3 is 10.6 Å². The van der Waals surface area contributed by atoms with Gasteiger partial charge in [0.15, 0.2) is 0 Å². The fraction of sp³-hybridized carbons (Fsp3) is 0.105. The second-order valence-corrected chi connectivity index (χ2v) is 5.78. The van der Waals surface area contributed by atoms with Crippen molar-refractivity contribution >= 4 is 17.5 Å². The molecule has 1 heterocycles. The van der Waals surface area contributed by atoms with Crippen molar-refractivity contribution in [3.05, 3.63) is 83.4 Å². The molecule has 3 rings (SSSR count). The molecule has 0 saturated carbocycles. The molecule has 9 heteroatoms. The molecule has 2 aromatic carbocycles. The van der Waals surface area contributed by atoms with Crippen molar-refractivity contribution in [2.45, 2.75) is 12.7 Å². The highest BCUT2D eigenvalue weighted by atomic mass is 19.4. The summed E-state index contributed by atoms with van der Waals surface area (Å²) in [5.41, 5.74) is -0.105. The van der Waals surface area contributed by atoms with Crippen molar-refractivity contribution in [3.8, 4) is 0 Å². The highest BCUT2D eigenvalue weighted by Gasteiger charge is 2.30. The molecule has 0 aliphatic rings. The molecule has 0 atom stereocenters. The summed E-state index contributed by atoms with van der Waals surface area (Å²) in [4.78, 5) is 20.3. The van der Waals surface area contributed by atoms with Gasteiger partial charge in [-0.3, -0.25) is 4.79 Å². The Morgan fingerprint density at radius 1 is 1.04 bits per heavy atom. The predicted octanol–water partition coefficient (Wildman–Crippen LogP) is 4.50. The lowest BCUT2D eigenvalue weighted by atomic mass is 10.2. The monoisotopic (exact) mass is 390 g/mol. The van der Waals surface area contributed by atoms with E-state index in [0.29, 0.717) is 6.54 Å². The highest BCUT2D eigenvalue weighted by molar-refractivity contribution is 6.03. The Balaban J connectivity index is 1.67. The lowest BCUT2D eigenvalue weighted by Gasteiger charge is -2.10. The minimum Gasteiger partial charge on any atom is -0.350 e. The summed E-state index contributed by atoms with van der Waals surface area (Å²) in [5.74, 6) is -0.874. The van der Waals surface area contributed by atoms with E-state index in [9.17, 15) is 22.4 Å². The van der Waals surface area contributed by atoms with Crippen LogP contribution in [0.4, 0.5) is 29.2 Å². The Labute approximate surface area is 157 Å². The zero-order valence-electron chi connectivity index (χ0n) is 14.3. The number of rotatable bonds is 5. The third kappa shape index (κ3) is 5.03. The number of carbonyl (C=O) groups is 1. The van der Waals surface area contributed by atoms with E-state index in [-0.39, 0.29) is 23.1 Å². The van der Waals surface area contributed by atoms with Crippen molar-refractivity contribution in [3.63, 3.8) is 0 Å². The van der Waals surface area contributed by atoms with Gasteiger partial charge in [-0.15, -0.1) is 0 Å².